The lowest BCUT2D eigenvalue weighted by molar-refractivity contribution is -0.121. The first-order valence-corrected chi connectivity index (χ1v) is 10.6. The Bertz CT molecular complexity index is 875. The molecule has 2 aromatic carbocycles. The Kier molecular flexibility index (Phi) is 7.27. The molecule has 5 nitrogen and oxygen atoms in total. The second-order valence-electron chi connectivity index (χ2n) is 7.46. The largest absolute Gasteiger partial charge is 0.490 e. The molecular weight excluding hydrogens is 437 g/mol. The van der Waals surface area contributed by atoms with Crippen LogP contribution in [0.5, 0.6) is 5.75 Å². The predicted octanol–water partition coefficient (Wildman–Crippen LogP) is 3.91. The van der Waals surface area contributed by atoms with Gasteiger partial charge in [0, 0.05) is 19.2 Å². The van der Waals surface area contributed by atoms with Crippen molar-refractivity contribution in [2.75, 3.05) is 39.1 Å². The Labute approximate surface area is 180 Å². The topological polar surface area (TPSA) is 44.8 Å². The third-order valence-corrected chi connectivity index (χ3v) is 5.74. The highest BCUT2D eigenvalue weighted by atomic mass is 79.9. The average Bonchev–Trinajstić information content (AvgIpc) is 2.70. The molecule has 1 aliphatic heterocycles. The third-order valence-electron chi connectivity index (χ3n) is 5.13. The molecule has 3 rings (SSSR count). The van der Waals surface area contributed by atoms with Crippen LogP contribution in [0.4, 0.5) is 10.1 Å². The SMILES string of the molecule is CCN1Cc2ccccc2C[C@@H]1C(=O)Nc1cc(F)c(Br)cc1OCCN(C)C. The van der Waals surface area contributed by atoms with Crippen molar-refractivity contribution < 1.29 is 13.9 Å². The summed E-state index contributed by atoms with van der Waals surface area (Å²) in [6.07, 6.45) is 0.631. The van der Waals surface area contributed by atoms with Gasteiger partial charge in [0.25, 0.3) is 0 Å². The Balaban J connectivity index is 1.79. The first kappa shape index (κ1) is 21.7. The van der Waals surface area contributed by atoms with Gasteiger partial charge in [-0.15, -0.1) is 0 Å². The zero-order valence-electron chi connectivity index (χ0n) is 17.0. The van der Waals surface area contributed by atoms with E-state index < -0.39 is 5.82 Å². The summed E-state index contributed by atoms with van der Waals surface area (Å²) in [5.41, 5.74) is 2.78. The van der Waals surface area contributed by atoms with Crippen molar-refractivity contribution in [1.29, 1.82) is 0 Å². The third kappa shape index (κ3) is 5.35. The Morgan fingerprint density at radius 3 is 2.72 bits per heavy atom. The number of anilines is 1. The molecule has 29 heavy (non-hydrogen) atoms. The van der Waals surface area contributed by atoms with Gasteiger partial charge in [-0.25, -0.2) is 4.39 Å². The maximum absolute atomic E-state index is 14.2. The van der Waals surface area contributed by atoms with Crippen molar-refractivity contribution in [2.24, 2.45) is 0 Å². The van der Waals surface area contributed by atoms with Crippen molar-refractivity contribution in [3.8, 4) is 5.75 Å². The van der Waals surface area contributed by atoms with Gasteiger partial charge in [-0.2, -0.15) is 0 Å². The molecular formula is C22H27BrFN3O2. The van der Waals surface area contributed by atoms with Crippen LogP contribution in [0.2, 0.25) is 0 Å². The average molecular weight is 464 g/mol. The van der Waals surface area contributed by atoms with Crippen LogP contribution in [0.1, 0.15) is 18.1 Å². The van der Waals surface area contributed by atoms with E-state index in [2.05, 4.69) is 38.3 Å². The molecule has 1 atom stereocenters. The van der Waals surface area contributed by atoms with Gasteiger partial charge in [0.05, 0.1) is 16.2 Å². The van der Waals surface area contributed by atoms with E-state index in [1.807, 2.05) is 38.1 Å². The Morgan fingerprint density at radius 2 is 2.03 bits per heavy atom. The van der Waals surface area contributed by atoms with Gasteiger partial charge in [0.1, 0.15) is 18.2 Å². The second kappa shape index (κ2) is 9.69. The molecule has 0 saturated carbocycles. The molecule has 1 heterocycles. The second-order valence-corrected chi connectivity index (χ2v) is 8.31. The number of fused-ring (bicyclic) bond motifs is 1. The summed E-state index contributed by atoms with van der Waals surface area (Å²) in [6.45, 7) is 4.68. The number of benzene rings is 2. The molecule has 1 N–H and O–H groups in total. The highest BCUT2D eigenvalue weighted by Gasteiger charge is 2.31. The van der Waals surface area contributed by atoms with Crippen molar-refractivity contribution in [3.63, 3.8) is 0 Å². The lowest BCUT2D eigenvalue weighted by atomic mass is 9.93. The fourth-order valence-electron chi connectivity index (χ4n) is 3.47. The number of carbonyl (C=O) groups is 1. The number of rotatable bonds is 7. The zero-order valence-corrected chi connectivity index (χ0v) is 18.6. The standard InChI is InChI=1S/C22H27BrFN3O2/c1-4-27-14-16-8-6-5-7-15(16)11-20(27)22(28)25-19-13-18(24)17(23)12-21(19)29-10-9-26(2)3/h5-8,12-13,20H,4,9-11,14H2,1-3H3,(H,25,28)/t20-/m1/s1. The number of nitrogens with one attached hydrogen (secondary N) is 1. The van der Waals surface area contributed by atoms with E-state index in [1.165, 1.54) is 17.2 Å². The summed E-state index contributed by atoms with van der Waals surface area (Å²) in [4.78, 5) is 17.3. The number of halogens is 2. The van der Waals surface area contributed by atoms with Gasteiger partial charge in [-0.05, 0) is 60.2 Å². The molecule has 0 aliphatic carbocycles. The van der Waals surface area contributed by atoms with E-state index in [9.17, 15) is 9.18 Å². The minimum atomic E-state index is -0.443. The molecule has 156 valence electrons. The lowest BCUT2D eigenvalue weighted by Gasteiger charge is -2.35. The van der Waals surface area contributed by atoms with Gasteiger partial charge >= 0.3 is 0 Å². The van der Waals surface area contributed by atoms with E-state index in [4.69, 9.17) is 4.74 Å². The maximum Gasteiger partial charge on any atom is 0.242 e. The van der Waals surface area contributed by atoms with Crippen molar-refractivity contribution in [2.45, 2.75) is 25.9 Å². The van der Waals surface area contributed by atoms with Crippen LogP contribution in [0.25, 0.3) is 0 Å². The van der Waals surface area contributed by atoms with Gasteiger partial charge < -0.3 is 15.0 Å². The van der Waals surface area contributed by atoms with E-state index in [1.54, 1.807) is 6.07 Å². The van der Waals surface area contributed by atoms with Gasteiger partial charge in [-0.1, -0.05) is 31.2 Å². The molecule has 0 saturated heterocycles. The number of ether oxygens (including phenoxy) is 1. The summed E-state index contributed by atoms with van der Waals surface area (Å²) in [6, 6.07) is 10.8. The normalized spacial score (nSPS) is 16.6. The molecule has 0 fully saturated rings. The minimum Gasteiger partial charge on any atom is -0.490 e. The van der Waals surface area contributed by atoms with Crippen LogP contribution in [0, 0.1) is 5.82 Å². The van der Waals surface area contributed by atoms with Crippen LogP contribution < -0.4 is 10.1 Å². The Morgan fingerprint density at radius 1 is 1.31 bits per heavy atom. The first-order valence-electron chi connectivity index (χ1n) is 9.77. The number of hydrogen-bond donors (Lipinski definition) is 1. The van der Waals surface area contributed by atoms with Crippen molar-refractivity contribution in [1.82, 2.24) is 9.80 Å². The minimum absolute atomic E-state index is 0.152. The quantitative estimate of drug-likeness (QED) is 0.675. The van der Waals surface area contributed by atoms with Crippen molar-refractivity contribution >= 4 is 27.5 Å². The van der Waals surface area contributed by atoms with E-state index in [-0.39, 0.29) is 11.9 Å². The summed E-state index contributed by atoms with van der Waals surface area (Å²) >= 11 is 3.20. The number of carbonyl (C=O) groups excluding carboxylic acids is 1. The van der Waals surface area contributed by atoms with Gasteiger partial charge in [-0.3, -0.25) is 9.69 Å². The van der Waals surface area contributed by atoms with E-state index in [0.29, 0.717) is 35.5 Å². The Hall–Kier alpha value is -1.96. The summed E-state index contributed by atoms with van der Waals surface area (Å²) in [7, 11) is 3.90. The highest BCUT2D eigenvalue weighted by molar-refractivity contribution is 9.10. The fourth-order valence-corrected chi connectivity index (χ4v) is 3.79. The molecule has 0 unspecified atom stereocenters. The number of nitrogens with zero attached hydrogens (tertiary/aromatic N) is 2. The monoisotopic (exact) mass is 463 g/mol. The predicted molar refractivity (Wildman–Crippen MR) is 117 cm³/mol. The molecule has 1 amide bonds. The smallest absolute Gasteiger partial charge is 0.242 e. The van der Waals surface area contributed by atoms with Crippen LogP contribution in [-0.4, -0.2) is 55.5 Å². The summed E-state index contributed by atoms with van der Waals surface area (Å²) in [5, 5.41) is 2.90. The van der Waals surface area contributed by atoms with E-state index >= 15 is 0 Å². The number of likely N-dealkylation sites (N-methyl/N-ethyl adjacent to an activating group) is 2. The molecule has 0 spiro atoms. The lowest BCUT2D eigenvalue weighted by Crippen LogP contribution is -2.47. The molecule has 7 heteroatoms. The van der Waals surface area contributed by atoms with Crippen LogP contribution >= 0.6 is 15.9 Å². The number of hydrogen-bond acceptors (Lipinski definition) is 4. The molecule has 2 aromatic rings. The highest BCUT2D eigenvalue weighted by Crippen LogP contribution is 2.32. The first-order chi connectivity index (χ1) is 13.9. The maximum atomic E-state index is 14.2. The van der Waals surface area contributed by atoms with Gasteiger partial charge in [0.2, 0.25) is 5.91 Å². The van der Waals surface area contributed by atoms with Crippen LogP contribution in [-0.2, 0) is 17.8 Å². The van der Waals surface area contributed by atoms with Crippen molar-refractivity contribution in [3.05, 3.63) is 57.8 Å². The molecule has 0 bridgehead atoms. The van der Waals surface area contributed by atoms with Crippen LogP contribution in [0.3, 0.4) is 0 Å². The molecule has 1 aliphatic rings. The summed E-state index contributed by atoms with van der Waals surface area (Å²) in [5.74, 6) is -0.144. The zero-order chi connectivity index (χ0) is 21.0. The fraction of sp³-hybridized carbons (Fsp3) is 0.409. The molecule has 0 radical (unpaired) electrons. The van der Waals surface area contributed by atoms with E-state index in [0.717, 1.165) is 13.1 Å². The van der Waals surface area contributed by atoms with Gasteiger partial charge in [0.15, 0.2) is 0 Å². The molecule has 0 aromatic heterocycles. The summed E-state index contributed by atoms with van der Waals surface area (Å²) < 4.78 is 20.3. The van der Waals surface area contributed by atoms with Crippen LogP contribution in [0.15, 0.2) is 40.9 Å². The number of amides is 1.